The molecule has 5 nitrogen and oxygen atoms in total. The summed E-state index contributed by atoms with van der Waals surface area (Å²) in [6.07, 6.45) is 4.56. The summed E-state index contributed by atoms with van der Waals surface area (Å²) in [5, 5.41) is 13.3. The normalized spacial score (nSPS) is 12.0. The van der Waals surface area contributed by atoms with Crippen molar-refractivity contribution in [3.63, 3.8) is 0 Å². The first kappa shape index (κ1) is 13.3. The van der Waals surface area contributed by atoms with E-state index in [0.29, 0.717) is 12.3 Å². The number of hydrogen-bond acceptors (Lipinski definition) is 3. The topological polar surface area (TPSA) is 64.4 Å². The van der Waals surface area contributed by atoms with Crippen LogP contribution in [0.3, 0.4) is 0 Å². The number of hydrogen-bond donors (Lipinski definition) is 1. The summed E-state index contributed by atoms with van der Waals surface area (Å²) >= 11 is 0. The average molecular weight is 238 g/mol. The fraction of sp³-hybridized carbons (Fsp3) is 0.500. The molecule has 0 aliphatic heterocycles. The molecule has 0 saturated carbocycles. The van der Waals surface area contributed by atoms with Gasteiger partial charge in [0.15, 0.2) is 0 Å². The van der Waals surface area contributed by atoms with Gasteiger partial charge in [0, 0.05) is 12.3 Å². The molecule has 5 heteroatoms. The molecule has 0 amide bonds. The lowest BCUT2D eigenvalue weighted by atomic mass is 10.1. The number of carboxylic acids is 1. The van der Waals surface area contributed by atoms with E-state index in [1.165, 1.54) is 12.5 Å². The highest BCUT2D eigenvalue weighted by Gasteiger charge is 2.20. The third-order valence-corrected chi connectivity index (χ3v) is 2.15. The zero-order valence-corrected chi connectivity index (χ0v) is 10.6. The molecule has 1 rings (SSSR count). The Balaban J connectivity index is 3.10. The maximum atomic E-state index is 11.1. The van der Waals surface area contributed by atoms with Crippen LogP contribution in [0.1, 0.15) is 43.7 Å². The Kier molecular flexibility index (Phi) is 3.93. The summed E-state index contributed by atoms with van der Waals surface area (Å²) in [5.74, 6) is -0.989. The van der Waals surface area contributed by atoms with Gasteiger partial charge in [0.05, 0.1) is 18.4 Å². The predicted octanol–water partition coefficient (Wildman–Crippen LogP) is 2.34. The third-order valence-electron chi connectivity index (χ3n) is 2.15. The summed E-state index contributed by atoms with van der Waals surface area (Å²) in [5.41, 5.74) is 0.332. The molecule has 1 aromatic rings. The summed E-state index contributed by atoms with van der Waals surface area (Å²) < 4.78 is 6.69. The predicted molar refractivity (Wildman–Crippen MR) is 64.8 cm³/mol. The minimum absolute atomic E-state index is 0.177. The van der Waals surface area contributed by atoms with Crippen molar-refractivity contribution in [3.05, 3.63) is 23.7 Å². The first-order valence-electron chi connectivity index (χ1n) is 5.48. The number of carbonyl (C=O) groups is 1. The minimum Gasteiger partial charge on any atom is -0.501 e. The molecule has 0 aliphatic carbocycles. The molecular weight excluding hydrogens is 220 g/mol. The molecule has 0 aliphatic rings. The van der Waals surface area contributed by atoms with Gasteiger partial charge < -0.3 is 9.84 Å². The number of aromatic carboxylic acids is 1. The average Bonchev–Trinajstić information content (AvgIpc) is 2.61. The van der Waals surface area contributed by atoms with Crippen molar-refractivity contribution >= 4 is 12.0 Å². The Morgan fingerprint density at radius 2 is 2.24 bits per heavy atom. The summed E-state index contributed by atoms with van der Waals surface area (Å²) in [7, 11) is 0. The second-order valence-electron chi connectivity index (χ2n) is 4.61. The van der Waals surface area contributed by atoms with E-state index in [9.17, 15) is 4.79 Å². The van der Waals surface area contributed by atoms with Gasteiger partial charge in [0.25, 0.3) is 0 Å². The van der Waals surface area contributed by atoms with Crippen molar-refractivity contribution in [2.75, 3.05) is 6.61 Å². The second-order valence-corrected chi connectivity index (χ2v) is 4.61. The minimum atomic E-state index is -0.989. The molecule has 0 aromatic carbocycles. The van der Waals surface area contributed by atoms with Crippen LogP contribution < -0.4 is 0 Å². The molecule has 0 atom stereocenters. The molecule has 0 bridgehead atoms. The van der Waals surface area contributed by atoms with Crippen LogP contribution in [0.2, 0.25) is 0 Å². The van der Waals surface area contributed by atoms with Gasteiger partial charge in [-0.2, -0.15) is 5.10 Å². The van der Waals surface area contributed by atoms with Crippen LogP contribution in [0.5, 0.6) is 0 Å². The summed E-state index contributed by atoms with van der Waals surface area (Å²) in [6.45, 7) is 8.28. The lowest BCUT2D eigenvalue weighted by Crippen LogP contribution is -2.22. The zero-order valence-electron chi connectivity index (χ0n) is 10.6. The maximum absolute atomic E-state index is 11.1. The van der Waals surface area contributed by atoms with Crippen molar-refractivity contribution in [1.29, 1.82) is 0 Å². The van der Waals surface area contributed by atoms with Gasteiger partial charge in [0.2, 0.25) is 0 Å². The van der Waals surface area contributed by atoms with Crippen molar-refractivity contribution in [2.45, 2.75) is 33.2 Å². The lowest BCUT2D eigenvalue weighted by molar-refractivity contribution is 0.0696. The SMILES string of the molecule is CCO/C=C/c1nn(C(C)(C)C)cc1C(=O)O. The number of rotatable bonds is 4. The van der Waals surface area contributed by atoms with E-state index in [0.717, 1.165) is 0 Å². The lowest BCUT2D eigenvalue weighted by Gasteiger charge is -2.18. The van der Waals surface area contributed by atoms with Crippen LogP contribution >= 0.6 is 0 Å². The highest BCUT2D eigenvalue weighted by molar-refractivity contribution is 5.91. The van der Waals surface area contributed by atoms with E-state index in [4.69, 9.17) is 9.84 Å². The van der Waals surface area contributed by atoms with Crippen LogP contribution in [0.4, 0.5) is 0 Å². The number of aromatic nitrogens is 2. The fourth-order valence-corrected chi connectivity index (χ4v) is 1.23. The van der Waals surface area contributed by atoms with Gasteiger partial charge in [-0.3, -0.25) is 4.68 Å². The van der Waals surface area contributed by atoms with Crippen molar-refractivity contribution < 1.29 is 14.6 Å². The van der Waals surface area contributed by atoms with E-state index < -0.39 is 5.97 Å². The molecule has 1 aromatic heterocycles. The van der Waals surface area contributed by atoms with E-state index in [2.05, 4.69) is 5.10 Å². The second kappa shape index (κ2) is 5.03. The van der Waals surface area contributed by atoms with E-state index in [-0.39, 0.29) is 11.1 Å². The highest BCUT2D eigenvalue weighted by Crippen LogP contribution is 2.17. The van der Waals surface area contributed by atoms with Gasteiger partial charge in [0.1, 0.15) is 11.3 Å². The van der Waals surface area contributed by atoms with Gasteiger partial charge in [-0.1, -0.05) is 0 Å². The first-order valence-corrected chi connectivity index (χ1v) is 5.48. The van der Waals surface area contributed by atoms with Crippen LogP contribution in [0.15, 0.2) is 12.5 Å². The molecule has 17 heavy (non-hydrogen) atoms. The van der Waals surface area contributed by atoms with Gasteiger partial charge in [-0.15, -0.1) is 0 Å². The largest absolute Gasteiger partial charge is 0.501 e. The van der Waals surface area contributed by atoms with Gasteiger partial charge in [-0.25, -0.2) is 4.79 Å². The Bertz CT molecular complexity index is 427. The number of nitrogens with zero attached hydrogens (tertiary/aromatic N) is 2. The van der Waals surface area contributed by atoms with Gasteiger partial charge in [-0.05, 0) is 27.7 Å². The third kappa shape index (κ3) is 3.34. The fourth-order valence-electron chi connectivity index (χ4n) is 1.23. The van der Waals surface area contributed by atoms with Crippen molar-refractivity contribution in [3.8, 4) is 0 Å². The van der Waals surface area contributed by atoms with Crippen LogP contribution in [-0.4, -0.2) is 27.5 Å². The Hall–Kier alpha value is -1.78. The molecule has 0 unspecified atom stereocenters. The number of carboxylic acid groups (broad SMARTS) is 1. The zero-order chi connectivity index (χ0) is 13.1. The van der Waals surface area contributed by atoms with Gasteiger partial charge >= 0.3 is 5.97 Å². The Morgan fingerprint density at radius 1 is 1.59 bits per heavy atom. The monoisotopic (exact) mass is 238 g/mol. The van der Waals surface area contributed by atoms with E-state index >= 15 is 0 Å². The Morgan fingerprint density at radius 3 is 2.71 bits per heavy atom. The molecule has 94 valence electrons. The molecule has 0 fully saturated rings. The smallest absolute Gasteiger partial charge is 0.339 e. The van der Waals surface area contributed by atoms with E-state index in [1.807, 2.05) is 27.7 Å². The van der Waals surface area contributed by atoms with E-state index in [1.54, 1.807) is 10.8 Å². The van der Waals surface area contributed by atoms with Crippen LogP contribution in [0.25, 0.3) is 6.08 Å². The standard InChI is InChI=1S/C12H18N2O3/c1-5-17-7-6-10-9(11(15)16)8-14(13-10)12(2,3)4/h6-8H,5H2,1-4H3,(H,15,16)/b7-6+. The van der Waals surface area contributed by atoms with Crippen LogP contribution in [-0.2, 0) is 10.3 Å². The summed E-state index contributed by atoms with van der Waals surface area (Å²) in [6, 6.07) is 0. The molecule has 0 radical (unpaired) electrons. The molecule has 0 saturated heterocycles. The molecule has 1 N–H and O–H groups in total. The van der Waals surface area contributed by atoms with Crippen molar-refractivity contribution in [2.24, 2.45) is 0 Å². The summed E-state index contributed by atoms with van der Waals surface area (Å²) in [4.78, 5) is 11.1. The first-order chi connectivity index (χ1) is 7.86. The molecular formula is C12H18N2O3. The number of ether oxygens (including phenoxy) is 1. The quantitative estimate of drug-likeness (QED) is 0.818. The highest BCUT2D eigenvalue weighted by atomic mass is 16.5. The maximum Gasteiger partial charge on any atom is 0.339 e. The molecule has 1 heterocycles. The molecule has 0 spiro atoms. The van der Waals surface area contributed by atoms with Crippen molar-refractivity contribution in [1.82, 2.24) is 9.78 Å². The Labute approximate surface area is 101 Å². The van der Waals surface area contributed by atoms with Crippen LogP contribution in [0, 0.1) is 0 Å².